The van der Waals surface area contributed by atoms with Gasteiger partial charge in [-0.3, -0.25) is 0 Å². The number of halogens is 2. The van der Waals surface area contributed by atoms with Crippen LogP contribution in [0.1, 0.15) is 16.3 Å². The van der Waals surface area contributed by atoms with Crippen LogP contribution in [0.4, 0.5) is 0 Å². The van der Waals surface area contributed by atoms with Crippen molar-refractivity contribution in [3.63, 3.8) is 0 Å². The zero-order valence-electron chi connectivity index (χ0n) is 9.34. The van der Waals surface area contributed by atoms with Crippen LogP contribution in [0.5, 0.6) is 0 Å². The summed E-state index contributed by atoms with van der Waals surface area (Å²) in [5, 5.41) is 7.29. The molecule has 1 aromatic carbocycles. The second kappa shape index (κ2) is 5.96. The summed E-state index contributed by atoms with van der Waals surface area (Å²) < 4.78 is 1.07. The van der Waals surface area contributed by atoms with Gasteiger partial charge in [-0.25, -0.2) is 4.98 Å². The predicted molar refractivity (Wildman–Crippen MR) is 76.5 cm³/mol. The lowest BCUT2D eigenvalue weighted by Crippen LogP contribution is -2.12. The predicted octanol–water partition coefficient (Wildman–Crippen LogP) is 4.16. The molecule has 0 aliphatic heterocycles. The Balaban J connectivity index is 1.91. The highest BCUT2D eigenvalue weighted by molar-refractivity contribution is 9.10. The molecule has 0 atom stereocenters. The van der Waals surface area contributed by atoms with E-state index in [1.54, 1.807) is 11.3 Å². The summed E-state index contributed by atoms with van der Waals surface area (Å²) >= 11 is 11.1. The van der Waals surface area contributed by atoms with Crippen molar-refractivity contribution in [2.75, 3.05) is 0 Å². The molecule has 2 rings (SSSR count). The number of hydrogen-bond acceptors (Lipinski definition) is 3. The number of nitrogens with zero attached hydrogens (tertiary/aromatic N) is 1. The lowest BCUT2D eigenvalue weighted by atomic mass is 10.2. The van der Waals surface area contributed by atoms with Crippen LogP contribution in [0.3, 0.4) is 0 Å². The van der Waals surface area contributed by atoms with E-state index in [4.69, 9.17) is 11.6 Å². The molecular formula is C12H12BrClN2S. The molecule has 1 N–H and O–H groups in total. The largest absolute Gasteiger partial charge is 0.306 e. The third kappa shape index (κ3) is 3.78. The smallest absolute Gasteiger partial charge is 0.107 e. The molecule has 5 heteroatoms. The van der Waals surface area contributed by atoms with Gasteiger partial charge in [0.05, 0.1) is 0 Å². The average molecular weight is 332 g/mol. The molecule has 1 aromatic heterocycles. The highest BCUT2D eigenvalue weighted by atomic mass is 79.9. The quantitative estimate of drug-likeness (QED) is 0.910. The summed E-state index contributed by atoms with van der Waals surface area (Å²) in [6, 6.07) is 5.80. The molecule has 90 valence electrons. The molecule has 0 saturated carbocycles. The van der Waals surface area contributed by atoms with Crippen molar-refractivity contribution in [2.24, 2.45) is 0 Å². The van der Waals surface area contributed by atoms with E-state index in [1.807, 2.05) is 25.1 Å². The van der Waals surface area contributed by atoms with Gasteiger partial charge < -0.3 is 5.32 Å². The first-order chi connectivity index (χ1) is 8.15. The van der Waals surface area contributed by atoms with Crippen molar-refractivity contribution >= 4 is 38.9 Å². The summed E-state index contributed by atoms with van der Waals surface area (Å²) in [6.07, 6.45) is 0. The van der Waals surface area contributed by atoms with Gasteiger partial charge in [-0.05, 0) is 30.7 Å². The highest BCUT2D eigenvalue weighted by Crippen LogP contribution is 2.21. The number of thiazole rings is 1. The van der Waals surface area contributed by atoms with Crippen LogP contribution in [0.25, 0.3) is 0 Å². The lowest BCUT2D eigenvalue weighted by molar-refractivity contribution is 0.687. The molecule has 0 aliphatic carbocycles. The fourth-order valence-corrected chi connectivity index (χ4v) is 2.79. The Morgan fingerprint density at radius 2 is 2.24 bits per heavy atom. The number of aromatic nitrogens is 1. The van der Waals surface area contributed by atoms with E-state index in [0.29, 0.717) is 0 Å². The van der Waals surface area contributed by atoms with E-state index in [1.165, 1.54) is 0 Å². The Bertz CT molecular complexity index is 513. The van der Waals surface area contributed by atoms with Crippen LogP contribution in [0.2, 0.25) is 5.02 Å². The number of nitrogens with one attached hydrogen (secondary N) is 1. The molecule has 0 saturated heterocycles. The van der Waals surface area contributed by atoms with Crippen LogP contribution in [-0.2, 0) is 13.1 Å². The van der Waals surface area contributed by atoms with Crippen LogP contribution in [0, 0.1) is 6.92 Å². The third-order valence-corrected chi connectivity index (χ3v) is 4.24. The summed E-state index contributed by atoms with van der Waals surface area (Å²) in [6.45, 7) is 3.57. The zero-order valence-corrected chi connectivity index (χ0v) is 12.5. The zero-order chi connectivity index (χ0) is 12.3. The standard InChI is InChI=1S/C12H12BrClN2S/c1-8-7-17-12(16-8)6-15-5-9-4-10(14)2-3-11(9)13/h2-4,7,15H,5-6H2,1H3. The summed E-state index contributed by atoms with van der Waals surface area (Å²) in [7, 11) is 0. The van der Waals surface area contributed by atoms with Gasteiger partial charge in [0.2, 0.25) is 0 Å². The highest BCUT2D eigenvalue weighted by Gasteiger charge is 2.02. The maximum Gasteiger partial charge on any atom is 0.107 e. The summed E-state index contributed by atoms with van der Waals surface area (Å²) in [5.41, 5.74) is 2.24. The molecule has 0 spiro atoms. The van der Waals surface area contributed by atoms with Gasteiger partial charge in [0.1, 0.15) is 5.01 Å². The maximum atomic E-state index is 5.96. The van der Waals surface area contributed by atoms with Gasteiger partial charge in [0.15, 0.2) is 0 Å². The van der Waals surface area contributed by atoms with Gasteiger partial charge in [-0.15, -0.1) is 11.3 Å². The molecule has 2 aromatic rings. The Labute approximate surface area is 118 Å². The molecule has 1 heterocycles. The number of rotatable bonds is 4. The van der Waals surface area contributed by atoms with Gasteiger partial charge >= 0.3 is 0 Å². The number of benzene rings is 1. The molecule has 0 bridgehead atoms. The monoisotopic (exact) mass is 330 g/mol. The Hall–Kier alpha value is -0.420. The third-order valence-electron chi connectivity index (χ3n) is 2.27. The second-order valence-electron chi connectivity index (χ2n) is 3.72. The van der Waals surface area contributed by atoms with Gasteiger partial charge in [0, 0.05) is 33.7 Å². The van der Waals surface area contributed by atoms with Gasteiger partial charge in [0.25, 0.3) is 0 Å². The van der Waals surface area contributed by atoms with Crippen molar-refractivity contribution in [1.82, 2.24) is 10.3 Å². The summed E-state index contributed by atoms with van der Waals surface area (Å²) in [4.78, 5) is 4.40. The van der Waals surface area contributed by atoms with Crippen molar-refractivity contribution in [1.29, 1.82) is 0 Å². The molecule has 0 radical (unpaired) electrons. The molecule has 17 heavy (non-hydrogen) atoms. The molecular weight excluding hydrogens is 320 g/mol. The van der Waals surface area contributed by atoms with Gasteiger partial charge in [-0.1, -0.05) is 27.5 Å². The Morgan fingerprint density at radius 1 is 1.41 bits per heavy atom. The fraction of sp³-hybridized carbons (Fsp3) is 0.250. The normalized spacial score (nSPS) is 10.8. The van der Waals surface area contributed by atoms with Crippen LogP contribution in [-0.4, -0.2) is 4.98 Å². The van der Waals surface area contributed by atoms with Crippen molar-refractivity contribution < 1.29 is 0 Å². The van der Waals surface area contributed by atoms with Crippen molar-refractivity contribution in [2.45, 2.75) is 20.0 Å². The van der Waals surface area contributed by atoms with E-state index < -0.39 is 0 Å². The van der Waals surface area contributed by atoms with E-state index >= 15 is 0 Å². The van der Waals surface area contributed by atoms with E-state index in [0.717, 1.165) is 38.8 Å². The first kappa shape index (κ1) is 13.0. The first-order valence-electron chi connectivity index (χ1n) is 5.21. The topological polar surface area (TPSA) is 24.9 Å². The molecule has 2 nitrogen and oxygen atoms in total. The van der Waals surface area contributed by atoms with Crippen LogP contribution >= 0.6 is 38.9 Å². The lowest BCUT2D eigenvalue weighted by Gasteiger charge is -2.06. The van der Waals surface area contributed by atoms with Crippen molar-refractivity contribution in [3.05, 3.63) is 49.3 Å². The van der Waals surface area contributed by atoms with E-state index in [-0.39, 0.29) is 0 Å². The SMILES string of the molecule is Cc1csc(CNCc2cc(Cl)ccc2Br)n1. The minimum absolute atomic E-state index is 0.759. The molecule has 0 unspecified atom stereocenters. The maximum absolute atomic E-state index is 5.96. The van der Waals surface area contributed by atoms with E-state index in [9.17, 15) is 0 Å². The fourth-order valence-electron chi connectivity index (χ4n) is 1.47. The molecule has 0 amide bonds. The van der Waals surface area contributed by atoms with Crippen LogP contribution in [0.15, 0.2) is 28.1 Å². The minimum Gasteiger partial charge on any atom is -0.306 e. The second-order valence-corrected chi connectivity index (χ2v) is 5.96. The Morgan fingerprint density at radius 3 is 2.94 bits per heavy atom. The molecule has 0 fully saturated rings. The van der Waals surface area contributed by atoms with Crippen LogP contribution < -0.4 is 5.32 Å². The van der Waals surface area contributed by atoms with Gasteiger partial charge in [-0.2, -0.15) is 0 Å². The van der Waals surface area contributed by atoms with E-state index in [2.05, 4.69) is 31.6 Å². The minimum atomic E-state index is 0.759. The van der Waals surface area contributed by atoms with Crippen molar-refractivity contribution in [3.8, 4) is 0 Å². The Kier molecular flexibility index (Phi) is 4.56. The number of aryl methyl sites for hydroxylation is 1. The molecule has 0 aliphatic rings. The first-order valence-corrected chi connectivity index (χ1v) is 7.26. The summed E-state index contributed by atoms with van der Waals surface area (Å²) in [5.74, 6) is 0. The average Bonchev–Trinajstić information content (AvgIpc) is 2.69. The number of hydrogen-bond donors (Lipinski definition) is 1.